The van der Waals surface area contributed by atoms with Crippen molar-refractivity contribution in [1.82, 2.24) is 10.3 Å². The molecule has 1 aromatic heterocycles. The Kier molecular flexibility index (Phi) is 9.56. The van der Waals surface area contributed by atoms with Crippen LogP contribution in [0, 0.1) is 6.92 Å². The maximum Gasteiger partial charge on any atom is 0.0649 e. The molecule has 0 saturated carbocycles. The predicted octanol–water partition coefficient (Wildman–Crippen LogP) is 4.96. The number of hydrogen-bond donors (Lipinski definition) is 1. The molecule has 0 aromatic carbocycles. The molecule has 1 aromatic rings. The van der Waals surface area contributed by atoms with E-state index in [0.29, 0.717) is 0 Å². The summed E-state index contributed by atoms with van der Waals surface area (Å²) in [5.74, 6) is 0. The Morgan fingerprint density at radius 2 is 2.13 bits per heavy atom. The summed E-state index contributed by atoms with van der Waals surface area (Å²) in [7, 11) is 1.82. The highest BCUT2D eigenvalue weighted by Gasteiger charge is 2.10. The van der Waals surface area contributed by atoms with Crippen LogP contribution in [0.2, 0.25) is 0 Å². The average molecular weight is 313 g/mol. The van der Waals surface area contributed by atoms with Crippen LogP contribution < -0.4 is 5.32 Å². The first kappa shape index (κ1) is 20.8. The third-order valence-corrected chi connectivity index (χ3v) is 3.52. The van der Waals surface area contributed by atoms with Gasteiger partial charge in [0.15, 0.2) is 0 Å². The van der Waals surface area contributed by atoms with Gasteiger partial charge in [0.1, 0.15) is 0 Å². The fourth-order valence-electron chi connectivity index (χ4n) is 2.18. The van der Waals surface area contributed by atoms with Gasteiger partial charge in [0.25, 0.3) is 0 Å². The normalized spacial score (nSPS) is 12.7. The second kappa shape index (κ2) is 10.5. The zero-order valence-electron chi connectivity index (χ0n) is 14.4. The van der Waals surface area contributed by atoms with Crippen LogP contribution in [0.1, 0.15) is 45.9 Å². The second-order valence-corrected chi connectivity index (χ2v) is 5.18. The van der Waals surface area contributed by atoms with Crippen LogP contribution in [-0.2, 0) is 0 Å². The molecule has 0 saturated heterocycles. The number of hydrogen-bond acceptors (Lipinski definition) is 3. The van der Waals surface area contributed by atoms with E-state index in [1.54, 1.807) is 0 Å². The van der Waals surface area contributed by atoms with E-state index in [9.17, 15) is 0 Å². The molecule has 1 N–H and O–H groups in total. The fraction of sp³-hybridized carbons (Fsp3) is 0.400. The smallest absolute Gasteiger partial charge is 0.0649 e. The lowest BCUT2D eigenvalue weighted by Crippen LogP contribution is -2.14. The van der Waals surface area contributed by atoms with E-state index in [0.717, 1.165) is 46.8 Å². The standard InChI is InChI=1S/C19H27N3.CH4/c1-7-11-21-15(4)14(3)13-19(20-6)17(8-2)18-10-9-12-22-16(18)5;/h8-10,12-13,21H,4,7,11H2,1-3,5-6H3;1H4/b14-13+,17-8+,20-19?;. The molecule has 0 amide bonds. The van der Waals surface area contributed by atoms with Crippen molar-refractivity contribution in [2.75, 3.05) is 13.6 Å². The first-order valence-electron chi connectivity index (χ1n) is 7.72. The summed E-state index contributed by atoms with van der Waals surface area (Å²) in [6.07, 6.45) is 7.05. The van der Waals surface area contributed by atoms with Gasteiger partial charge in [-0.3, -0.25) is 9.98 Å². The van der Waals surface area contributed by atoms with Gasteiger partial charge >= 0.3 is 0 Å². The van der Waals surface area contributed by atoms with Gasteiger partial charge in [-0.2, -0.15) is 0 Å². The minimum atomic E-state index is 0. The quantitative estimate of drug-likeness (QED) is 0.570. The lowest BCUT2D eigenvalue weighted by Gasteiger charge is -2.13. The van der Waals surface area contributed by atoms with Gasteiger partial charge in [-0.25, -0.2) is 0 Å². The topological polar surface area (TPSA) is 37.3 Å². The van der Waals surface area contributed by atoms with Gasteiger partial charge in [0.2, 0.25) is 0 Å². The largest absolute Gasteiger partial charge is 0.385 e. The SMILES string of the molecule is C.C=C(NCCC)/C(C)=C/C(=NC)/C(=C/C)c1cccnc1C. The highest BCUT2D eigenvalue weighted by molar-refractivity contribution is 6.29. The van der Waals surface area contributed by atoms with Crippen molar-refractivity contribution in [2.45, 2.75) is 41.5 Å². The third kappa shape index (κ3) is 5.85. The fourth-order valence-corrected chi connectivity index (χ4v) is 2.18. The van der Waals surface area contributed by atoms with E-state index in [4.69, 9.17) is 0 Å². The maximum absolute atomic E-state index is 4.45. The number of nitrogens with one attached hydrogen (secondary N) is 1. The zero-order chi connectivity index (χ0) is 16.5. The van der Waals surface area contributed by atoms with Crippen molar-refractivity contribution >= 4 is 11.3 Å². The zero-order valence-corrected chi connectivity index (χ0v) is 14.4. The summed E-state index contributed by atoms with van der Waals surface area (Å²) >= 11 is 0. The Morgan fingerprint density at radius 1 is 1.43 bits per heavy atom. The van der Waals surface area contributed by atoms with Crippen LogP contribution in [0.4, 0.5) is 0 Å². The minimum Gasteiger partial charge on any atom is -0.385 e. The summed E-state index contributed by atoms with van der Waals surface area (Å²) < 4.78 is 0. The van der Waals surface area contributed by atoms with E-state index in [1.807, 2.05) is 33.2 Å². The molecule has 0 atom stereocenters. The molecular formula is C20H31N3. The Hall–Kier alpha value is -2.16. The molecule has 3 heteroatoms. The first-order chi connectivity index (χ1) is 10.5. The molecule has 0 aliphatic carbocycles. The molecule has 0 fully saturated rings. The Bertz CT molecular complexity index is 607. The molecule has 0 spiro atoms. The minimum absolute atomic E-state index is 0. The summed E-state index contributed by atoms with van der Waals surface area (Å²) in [5.41, 5.74) is 6.19. The number of pyridine rings is 1. The van der Waals surface area contributed by atoms with Crippen LogP contribution in [0.3, 0.4) is 0 Å². The van der Waals surface area contributed by atoms with Gasteiger partial charge in [-0.1, -0.05) is 33.1 Å². The monoisotopic (exact) mass is 313 g/mol. The molecule has 3 nitrogen and oxygen atoms in total. The van der Waals surface area contributed by atoms with E-state index in [1.165, 1.54) is 0 Å². The van der Waals surface area contributed by atoms with E-state index < -0.39 is 0 Å². The van der Waals surface area contributed by atoms with Crippen LogP contribution in [0.25, 0.3) is 5.57 Å². The third-order valence-electron chi connectivity index (χ3n) is 3.52. The molecule has 0 aliphatic heterocycles. The van der Waals surface area contributed by atoms with Crippen molar-refractivity contribution in [3.05, 3.63) is 59.6 Å². The number of aromatic nitrogens is 1. The molecule has 1 rings (SSSR count). The number of aliphatic imine (C=N–C) groups is 1. The predicted molar refractivity (Wildman–Crippen MR) is 104 cm³/mol. The highest BCUT2D eigenvalue weighted by Crippen LogP contribution is 2.20. The summed E-state index contributed by atoms with van der Waals surface area (Å²) in [5, 5.41) is 3.32. The maximum atomic E-state index is 4.45. The summed E-state index contributed by atoms with van der Waals surface area (Å²) in [4.78, 5) is 8.83. The number of rotatable bonds is 7. The number of allylic oxidation sites excluding steroid dienone is 4. The van der Waals surface area contributed by atoms with Crippen LogP contribution >= 0.6 is 0 Å². The van der Waals surface area contributed by atoms with Crippen molar-refractivity contribution in [1.29, 1.82) is 0 Å². The second-order valence-electron chi connectivity index (χ2n) is 5.18. The molecule has 0 radical (unpaired) electrons. The molecule has 0 aliphatic rings. The van der Waals surface area contributed by atoms with E-state index in [-0.39, 0.29) is 7.43 Å². The Labute approximate surface area is 142 Å². The van der Waals surface area contributed by atoms with Crippen molar-refractivity contribution in [2.24, 2.45) is 4.99 Å². The van der Waals surface area contributed by atoms with Crippen LogP contribution in [0.5, 0.6) is 0 Å². The van der Waals surface area contributed by atoms with E-state index >= 15 is 0 Å². The lowest BCUT2D eigenvalue weighted by molar-refractivity contribution is 0.778. The Balaban J connectivity index is 0.00000484. The average Bonchev–Trinajstić information content (AvgIpc) is 2.53. The van der Waals surface area contributed by atoms with E-state index in [2.05, 4.69) is 53.9 Å². The summed E-state index contributed by atoms with van der Waals surface area (Å²) in [6.45, 7) is 13.3. The lowest BCUT2D eigenvalue weighted by atomic mass is 9.97. The molecule has 0 bridgehead atoms. The van der Waals surface area contributed by atoms with Crippen molar-refractivity contribution in [3.63, 3.8) is 0 Å². The molecule has 1 heterocycles. The molecule has 23 heavy (non-hydrogen) atoms. The highest BCUT2D eigenvalue weighted by atomic mass is 14.9. The van der Waals surface area contributed by atoms with Crippen LogP contribution in [-0.4, -0.2) is 24.3 Å². The van der Waals surface area contributed by atoms with Gasteiger partial charge in [0.05, 0.1) is 5.71 Å². The van der Waals surface area contributed by atoms with Crippen molar-refractivity contribution < 1.29 is 0 Å². The summed E-state index contributed by atoms with van der Waals surface area (Å²) in [6, 6.07) is 4.04. The molecular weight excluding hydrogens is 282 g/mol. The first-order valence-corrected chi connectivity index (χ1v) is 7.72. The number of aryl methyl sites for hydroxylation is 1. The van der Waals surface area contributed by atoms with Gasteiger partial charge < -0.3 is 5.32 Å². The van der Waals surface area contributed by atoms with Gasteiger partial charge in [-0.05, 0) is 44.9 Å². The van der Waals surface area contributed by atoms with Gasteiger partial charge in [-0.15, -0.1) is 0 Å². The molecule has 0 unspecified atom stereocenters. The van der Waals surface area contributed by atoms with Gasteiger partial charge in [0, 0.05) is 42.3 Å². The van der Waals surface area contributed by atoms with Crippen molar-refractivity contribution in [3.8, 4) is 0 Å². The van der Waals surface area contributed by atoms with Crippen LogP contribution in [0.15, 0.2) is 53.3 Å². The Morgan fingerprint density at radius 3 is 2.65 bits per heavy atom. The molecule has 126 valence electrons. The number of nitrogens with zero attached hydrogens (tertiary/aromatic N) is 2.